The second kappa shape index (κ2) is 7.08. The van der Waals surface area contributed by atoms with Crippen LogP contribution in [-0.2, 0) is 0 Å². The molecule has 5 nitrogen and oxygen atoms in total. The van der Waals surface area contributed by atoms with Gasteiger partial charge in [0.15, 0.2) is 0 Å². The maximum Gasteiger partial charge on any atom is 0.253 e. The fourth-order valence-electron chi connectivity index (χ4n) is 4.10. The van der Waals surface area contributed by atoms with Crippen molar-refractivity contribution in [1.82, 2.24) is 14.8 Å². The van der Waals surface area contributed by atoms with Crippen LogP contribution in [0.2, 0.25) is 0 Å². The number of rotatable bonds is 3. The average molecular weight is 351 g/mol. The molecule has 2 fully saturated rings. The molecule has 3 heterocycles. The molecule has 0 bridgehead atoms. The van der Waals surface area contributed by atoms with Crippen LogP contribution in [0.5, 0.6) is 0 Å². The largest absolute Gasteiger partial charge is 0.335 e. The number of aromatic amines is 1. The molecule has 0 spiro atoms. The predicted octanol–water partition coefficient (Wildman–Crippen LogP) is 2.74. The van der Waals surface area contributed by atoms with Crippen LogP contribution >= 0.6 is 0 Å². The van der Waals surface area contributed by atoms with E-state index in [9.17, 15) is 9.59 Å². The van der Waals surface area contributed by atoms with Crippen molar-refractivity contribution in [3.8, 4) is 11.1 Å². The quantitative estimate of drug-likeness (QED) is 0.925. The van der Waals surface area contributed by atoms with E-state index in [2.05, 4.69) is 16.8 Å². The number of benzene rings is 1. The maximum absolute atomic E-state index is 12.8. The van der Waals surface area contributed by atoms with E-state index in [1.54, 1.807) is 12.3 Å². The number of carbonyl (C=O) groups is 1. The number of amides is 1. The Morgan fingerprint density at radius 1 is 1.12 bits per heavy atom. The Hall–Kier alpha value is -2.40. The van der Waals surface area contributed by atoms with Crippen molar-refractivity contribution in [3.63, 3.8) is 0 Å². The molecular formula is C21H25N3O2. The van der Waals surface area contributed by atoms with Gasteiger partial charge in [0, 0.05) is 43.0 Å². The number of pyridine rings is 1. The standard InChI is InChI=1S/C21H25N3O2/c1-15-5-2-3-10-24(15)19-13-23(14-19)21(26)17-7-4-6-16(11-17)18-8-9-20(25)22-12-18/h4,6-9,11-12,15,19H,2-3,5,10,13-14H2,1H3,(H,22,25)/t15-/m0/s1. The topological polar surface area (TPSA) is 56.4 Å². The molecule has 1 aromatic carbocycles. The highest BCUT2D eigenvalue weighted by atomic mass is 16.2. The van der Waals surface area contributed by atoms with Gasteiger partial charge in [0.25, 0.3) is 5.91 Å². The van der Waals surface area contributed by atoms with Gasteiger partial charge in [0.2, 0.25) is 5.56 Å². The summed E-state index contributed by atoms with van der Waals surface area (Å²) in [6, 6.07) is 12.1. The van der Waals surface area contributed by atoms with Gasteiger partial charge in [-0.15, -0.1) is 0 Å². The summed E-state index contributed by atoms with van der Waals surface area (Å²) in [6.45, 7) is 5.12. The van der Waals surface area contributed by atoms with Gasteiger partial charge < -0.3 is 9.88 Å². The molecule has 4 rings (SSSR count). The summed E-state index contributed by atoms with van der Waals surface area (Å²) >= 11 is 0. The van der Waals surface area contributed by atoms with Crippen LogP contribution in [0.25, 0.3) is 11.1 Å². The maximum atomic E-state index is 12.8. The van der Waals surface area contributed by atoms with Crippen LogP contribution in [0.4, 0.5) is 0 Å². The number of aromatic nitrogens is 1. The third-order valence-electron chi connectivity index (χ3n) is 5.70. The van der Waals surface area contributed by atoms with Gasteiger partial charge >= 0.3 is 0 Å². The lowest BCUT2D eigenvalue weighted by Crippen LogP contribution is -2.63. The minimum absolute atomic E-state index is 0.0946. The van der Waals surface area contributed by atoms with E-state index in [0.717, 1.165) is 30.8 Å². The summed E-state index contributed by atoms with van der Waals surface area (Å²) in [4.78, 5) is 31.2. The molecule has 2 aliphatic heterocycles. The first-order chi connectivity index (χ1) is 12.6. The first kappa shape index (κ1) is 17.0. The Bertz CT molecular complexity index is 834. The molecular weight excluding hydrogens is 326 g/mol. The Balaban J connectivity index is 1.44. The van der Waals surface area contributed by atoms with Crippen molar-refractivity contribution in [1.29, 1.82) is 0 Å². The molecule has 1 N–H and O–H groups in total. The fraction of sp³-hybridized carbons (Fsp3) is 0.429. The van der Waals surface area contributed by atoms with Crippen molar-refractivity contribution in [3.05, 3.63) is 58.5 Å². The number of carbonyl (C=O) groups excluding carboxylic acids is 1. The first-order valence-corrected chi connectivity index (χ1v) is 9.46. The molecule has 2 saturated heterocycles. The second-order valence-electron chi connectivity index (χ2n) is 7.47. The highest BCUT2D eigenvalue weighted by molar-refractivity contribution is 5.96. The molecule has 26 heavy (non-hydrogen) atoms. The van der Waals surface area contributed by atoms with Gasteiger partial charge in [-0.25, -0.2) is 0 Å². The fourth-order valence-corrected chi connectivity index (χ4v) is 4.10. The normalized spacial score (nSPS) is 21.4. The Kier molecular flexibility index (Phi) is 4.64. The molecule has 1 atom stereocenters. The molecule has 136 valence electrons. The minimum Gasteiger partial charge on any atom is -0.335 e. The van der Waals surface area contributed by atoms with E-state index in [0.29, 0.717) is 17.6 Å². The Morgan fingerprint density at radius 3 is 2.69 bits per heavy atom. The van der Waals surface area contributed by atoms with Gasteiger partial charge in [0.05, 0.1) is 0 Å². The molecule has 0 aliphatic carbocycles. The first-order valence-electron chi connectivity index (χ1n) is 9.46. The van der Waals surface area contributed by atoms with Crippen LogP contribution in [0, 0.1) is 0 Å². The van der Waals surface area contributed by atoms with Gasteiger partial charge in [0.1, 0.15) is 0 Å². The van der Waals surface area contributed by atoms with Gasteiger partial charge in [-0.2, -0.15) is 0 Å². The molecule has 5 heteroatoms. The number of likely N-dealkylation sites (tertiary alicyclic amines) is 2. The monoisotopic (exact) mass is 351 g/mol. The highest BCUT2D eigenvalue weighted by Gasteiger charge is 2.37. The number of hydrogen-bond acceptors (Lipinski definition) is 3. The van der Waals surface area contributed by atoms with Crippen LogP contribution in [0.15, 0.2) is 47.4 Å². The van der Waals surface area contributed by atoms with Crippen LogP contribution < -0.4 is 5.56 Å². The third kappa shape index (κ3) is 3.31. The molecule has 0 unspecified atom stereocenters. The second-order valence-corrected chi connectivity index (χ2v) is 7.47. The number of nitrogens with zero attached hydrogens (tertiary/aromatic N) is 2. The zero-order chi connectivity index (χ0) is 18.1. The number of H-pyrrole nitrogens is 1. The number of hydrogen-bond donors (Lipinski definition) is 1. The SMILES string of the molecule is C[C@H]1CCCCN1C1CN(C(=O)c2cccc(-c3ccc(=O)[nH]c3)c2)C1. The van der Waals surface area contributed by atoms with E-state index >= 15 is 0 Å². The van der Waals surface area contributed by atoms with Crippen LogP contribution in [0.3, 0.4) is 0 Å². The smallest absolute Gasteiger partial charge is 0.253 e. The van der Waals surface area contributed by atoms with Gasteiger partial charge in [-0.1, -0.05) is 18.6 Å². The predicted molar refractivity (Wildman–Crippen MR) is 102 cm³/mol. The van der Waals surface area contributed by atoms with Gasteiger partial charge in [-0.3, -0.25) is 14.5 Å². The molecule has 0 radical (unpaired) electrons. The number of piperidine rings is 1. The van der Waals surface area contributed by atoms with E-state index in [4.69, 9.17) is 0 Å². The summed E-state index contributed by atoms with van der Waals surface area (Å²) < 4.78 is 0. The van der Waals surface area contributed by atoms with Crippen molar-refractivity contribution in [2.45, 2.75) is 38.3 Å². The summed E-state index contributed by atoms with van der Waals surface area (Å²) in [5.74, 6) is 0.0946. The van der Waals surface area contributed by atoms with Crippen molar-refractivity contribution >= 4 is 5.91 Å². The van der Waals surface area contributed by atoms with Crippen molar-refractivity contribution < 1.29 is 4.79 Å². The zero-order valence-electron chi connectivity index (χ0n) is 15.1. The summed E-state index contributed by atoms with van der Waals surface area (Å²) in [7, 11) is 0. The molecule has 1 aromatic heterocycles. The van der Waals surface area contributed by atoms with E-state index in [-0.39, 0.29) is 11.5 Å². The van der Waals surface area contributed by atoms with E-state index < -0.39 is 0 Å². The zero-order valence-corrected chi connectivity index (χ0v) is 15.1. The van der Waals surface area contributed by atoms with Crippen LogP contribution in [-0.4, -0.2) is 52.4 Å². The lowest BCUT2D eigenvalue weighted by molar-refractivity contribution is 0.00213. The summed E-state index contributed by atoms with van der Waals surface area (Å²) in [6.07, 6.45) is 5.55. The van der Waals surface area contributed by atoms with Crippen molar-refractivity contribution in [2.75, 3.05) is 19.6 Å². The lowest BCUT2D eigenvalue weighted by atomic mass is 9.96. The molecule has 2 aromatic rings. The molecule has 1 amide bonds. The number of nitrogens with one attached hydrogen (secondary N) is 1. The lowest BCUT2D eigenvalue weighted by Gasteiger charge is -2.49. The Morgan fingerprint density at radius 2 is 1.96 bits per heavy atom. The average Bonchev–Trinajstić information content (AvgIpc) is 2.63. The van der Waals surface area contributed by atoms with E-state index in [1.807, 2.05) is 29.2 Å². The summed E-state index contributed by atoms with van der Waals surface area (Å²) in [5, 5.41) is 0. The van der Waals surface area contributed by atoms with Crippen LogP contribution in [0.1, 0.15) is 36.5 Å². The molecule has 2 aliphatic rings. The minimum atomic E-state index is -0.125. The van der Waals surface area contributed by atoms with E-state index in [1.165, 1.54) is 25.3 Å². The highest BCUT2D eigenvalue weighted by Crippen LogP contribution is 2.26. The van der Waals surface area contributed by atoms with Crippen molar-refractivity contribution in [2.24, 2.45) is 0 Å². The summed E-state index contributed by atoms with van der Waals surface area (Å²) in [5.41, 5.74) is 2.43. The Labute approximate surface area is 153 Å². The molecule has 0 saturated carbocycles. The third-order valence-corrected chi connectivity index (χ3v) is 5.70. The van der Waals surface area contributed by atoms with Gasteiger partial charge in [-0.05, 0) is 55.6 Å².